The van der Waals surface area contributed by atoms with E-state index in [9.17, 15) is 39.6 Å². The van der Waals surface area contributed by atoms with Crippen molar-refractivity contribution < 1.29 is 49.4 Å². The van der Waals surface area contributed by atoms with Gasteiger partial charge in [-0.2, -0.15) is 0 Å². The van der Waals surface area contributed by atoms with E-state index in [2.05, 4.69) is 5.32 Å². The second-order valence-corrected chi connectivity index (χ2v) is 9.05. The van der Waals surface area contributed by atoms with Crippen molar-refractivity contribution in [2.24, 2.45) is 5.73 Å². The van der Waals surface area contributed by atoms with Gasteiger partial charge in [0.2, 0.25) is 11.8 Å². The topological polar surface area (TPSA) is 232 Å². The molecule has 206 valence electrons. The van der Waals surface area contributed by atoms with Crippen LogP contribution in [0, 0.1) is 20.8 Å². The third-order valence-corrected chi connectivity index (χ3v) is 6.66. The average molecular weight is 527 g/mol. The predicted octanol–water partition coefficient (Wildman–Crippen LogP) is -1.86. The highest BCUT2D eigenvalue weighted by Gasteiger charge is 2.48. The summed E-state index contributed by atoms with van der Waals surface area (Å²) in [5.74, 6) is -2.76. The van der Waals surface area contributed by atoms with E-state index >= 15 is 0 Å². The molecule has 1 unspecified atom stereocenters. The molecule has 14 nitrogen and oxygen atoms in total. The molecule has 4 atom stereocenters. The number of hydrogen-bond acceptors (Lipinski definition) is 9. The lowest BCUT2D eigenvalue weighted by atomic mass is 9.89. The molecule has 0 aromatic heterocycles. The van der Waals surface area contributed by atoms with Gasteiger partial charge in [0.25, 0.3) is 5.91 Å². The second kappa shape index (κ2) is 11.6. The van der Waals surface area contributed by atoms with E-state index in [1.54, 1.807) is 26.1 Å². The second-order valence-electron chi connectivity index (χ2n) is 9.05. The van der Waals surface area contributed by atoms with E-state index in [0.717, 1.165) is 4.90 Å². The number of nitrogens with two attached hydrogens (primary N) is 1. The van der Waals surface area contributed by atoms with Gasteiger partial charge < -0.3 is 46.6 Å². The maximum Gasteiger partial charge on any atom is 0.405 e. The first-order valence-corrected chi connectivity index (χ1v) is 11.5. The first-order chi connectivity index (χ1) is 17.2. The van der Waals surface area contributed by atoms with Crippen LogP contribution in [0.15, 0.2) is 0 Å². The molecule has 0 aliphatic carbocycles. The van der Waals surface area contributed by atoms with E-state index in [4.69, 9.17) is 15.6 Å². The molecule has 4 amide bonds. The Morgan fingerprint density at radius 2 is 1.59 bits per heavy atom. The van der Waals surface area contributed by atoms with Crippen LogP contribution in [0.25, 0.3) is 0 Å². The quantitative estimate of drug-likeness (QED) is 0.169. The highest BCUT2D eigenvalue weighted by Crippen LogP contribution is 2.44. The fourth-order valence-electron chi connectivity index (χ4n) is 4.39. The fraction of sp³-hybridized carbons (Fsp3) is 0.565. The first kappa shape index (κ1) is 29.6. The molecule has 0 bridgehead atoms. The summed E-state index contributed by atoms with van der Waals surface area (Å²) in [5.41, 5.74) is 6.30. The number of nitrogens with one attached hydrogen (secondary N) is 2. The summed E-state index contributed by atoms with van der Waals surface area (Å²) in [4.78, 5) is 50.1. The summed E-state index contributed by atoms with van der Waals surface area (Å²) in [6, 6.07) is -4.97. The smallest absolute Gasteiger partial charge is 0.405 e. The molecule has 0 saturated carbocycles. The molecular formula is C23H34N4O10. The van der Waals surface area contributed by atoms with Crippen molar-refractivity contribution in [1.82, 2.24) is 15.5 Å². The number of carbonyl (C=O) groups excluding carboxylic acids is 3. The Morgan fingerprint density at radius 1 is 1.00 bits per heavy atom. The van der Waals surface area contributed by atoms with Crippen LogP contribution in [0.2, 0.25) is 0 Å². The normalized spacial score (nSPS) is 19.0. The highest BCUT2D eigenvalue weighted by atomic mass is 16.5. The Hall–Kier alpha value is -3.62. The number of nitrogens with zero attached hydrogens (tertiary/aromatic N) is 1. The van der Waals surface area contributed by atoms with Crippen molar-refractivity contribution in [3.8, 4) is 11.5 Å². The first-order valence-electron chi connectivity index (χ1n) is 11.5. The molecule has 0 fully saturated rings. The van der Waals surface area contributed by atoms with Crippen LogP contribution in [0.4, 0.5) is 4.79 Å². The zero-order chi connectivity index (χ0) is 28.2. The summed E-state index contributed by atoms with van der Waals surface area (Å²) in [6.45, 7) is 3.80. The van der Waals surface area contributed by atoms with Crippen molar-refractivity contribution in [3.63, 3.8) is 0 Å². The van der Waals surface area contributed by atoms with Gasteiger partial charge in [-0.15, -0.1) is 0 Å². The summed E-state index contributed by atoms with van der Waals surface area (Å²) >= 11 is 0. The van der Waals surface area contributed by atoms with Gasteiger partial charge >= 0.3 is 6.09 Å². The number of phenolic OH excluding ortho intramolecular Hbond substituents is 1. The number of benzene rings is 1. The third-order valence-electron chi connectivity index (χ3n) is 6.66. The lowest BCUT2D eigenvalue weighted by Gasteiger charge is -2.48. The number of aromatic hydroxyl groups is 1. The molecule has 37 heavy (non-hydrogen) atoms. The summed E-state index contributed by atoms with van der Waals surface area (Å²) in [6.07, 6.45) is -1.21. The van der Waals surface area contributed by atoms with Gasteiger partial charge in [0.05, 0.1) is 19.8 Å². The van der Waals surface area contributed by atoms with Crippen LogP contribution in [0.3, 0.4) is 0 Å². The molecule has 0 saturated heterocycles. The number of amides is 4. The molecule has 1 aliphatic rings. The monoisotopic (exact) mass is 526 g/mol. The van der Waals surface area contributed by atoms with E-state index in [1.165, 1.54) is 6.92 Å². The number of aliphatic hydroxyl groups is 3. The molecule has 2 rings (SSSR count). The lowest BCUT2D eigenvalue weighted by molar-refractivity contribution is -0.171. The molecule has 9 N–H and O–H groups in total. The predicted molar refractivity (Wildman–Crippen MR) is 128 cm³/mol. The van der Waals surface area contributed by atoms with E-state index in [0.29, 0.717) is 34.4 Å². The zero-order valence-corrected chi connectivity index (χ0v) is 21.1. The number of primary amides is 1. The van der Waals surface area contributed by atoms with Crippen molar-refractivity contribution in [3.05, 3.63) is 22.3 Å². The standard InChI is InChI=1S/C23H34N4O10/c1-10-11(2)18-13(12(3)17(10)31)5-6-23(4,37-18)27(16(9-30)19(24)32)21(34)15(8-29)25-20(33)14(7-28)26-22(35)36/h14-16,26,28-31H,5-9H2,1-4H3,(H2,24,32)(H,25,33)(H,35,36)/t14-,15-,16-,23?/m0/s1. The van der Waals surface area contributed by atoms with Crippen molar-refractivity contribution in [1.29, 1.82) is 0 Å². The van der Waals surface area contributed by atoms with Gasteiger partial charge in [0.1, 0.15) is 29.6 Å². The van der Waals surface area contributed by atoms with Crippen LogP contribution in [0.1, 0.15) is 35.6 Å². The van der Waals surface area contributed by atoms with Gasteiger partial charge in [-0.3, -0.25) is 19.3 Å². The largest absolute Gasteiger partial charge is 0.507 e. The van der Waals surface area contributed by atoms with Crippen molar-refractivity contribution >= 4 is 23.8 Å². The van der Waals surface area contributed by atoms with Crippen molar-refractivity contribution in [2.45, 2.75) is 64.4 Å². The maximum atomic E-state index is 13.7. The fourth-order valence-corrected chi connectivity index (χ4v) is 4.39. The molecular weight excluding hydrogens is 492 g/mol. The van der Waals surface area contributed by atoms with Gasteiger partial charge in [0, 0.05) is 12.0 Å². The molecule has 1 aromatic carbocycles. The molecule has 1 aliphatic heterocycles. The Kier molecular flexibility index (Phi) is 9.30. The molecule has 1 aromatic rings. The summed E-state index contributed by atoms with van der Waals surface area (Å²) in [5, 5.41) is 52.4. The van der Waals surface area contributed by atoms with Crippen LogP contribution >= 0.6 is 0 Å². The number of carboxylic acid groups (broad SMARTS) is 1. The van der Waals surface area contributed by atoms with Gasteiger partial charge in [-0.1, -0.05) is 0 Å². The van der Waals surface area contributed by atoms with E-state index in [-0.39, 0.29) is 12.2 Å². The van der Waals surface area contributed by atoms with Gasteiger partial charge in [-0.05, 0) is 50.8 Å². The maximum absolute atomic E-state index is 13.7. The minimum absolute atomic E-state index is 0.0875. The van der Waals surface area contributed by atoms with Gasteiger partial charge in [0.15, 0.2) is 5.72 Å². The molecule has 0 spiro atoms. The van der Waals surface area contributed by atoms with Crippen LogP contribution < -0.4 is 21.1 Å². The minimum Gasteiger partial charge on any atom is -0.507 e. The molecule has 0 radical (unpaired) electrons. The van der Waals surface area contributed by atoms with Crippen LogP contribution in [-0.4, -0.2) is 97.9 Å². The summed E-state index contributed by atoms with van der Waals surface area (Å²) < 4.78 is 6.25. The third kappa shape index (κ3) is 5.87. The highest BCUT2D eigenvalue weighted by molar-refractivity contribution is 5.94. The molecule has 1 heterocycles. The Bertz CT molecular complexity index is 1080. The number of ether oxygens (including phenoxy) is 1. The SMILES string of the molecule is Cc1c(C)c2c(c(C)c1O)CCC(C)(N(C(=O)[C@H](CO)NC(=O)[C@H](CO)NC(=O)O)[C@@H](CO)C(N)=O)O2. The number of phenols is 1. The number of fused-ring (bicyclic) bond motifs is 1. The average Bonchev–Trinajstić information content (AvgIpc) is 2.85. The van der Waals surface area contributed by atoms with E-state index in [1.807, 2.05) is 0 Å². The Labute approximate surface area is 213 Å². The Balaban J connectivity index is 2.52. The van der Waals surface area contributed by atoms with E-state index < -0.39 is 67.5 Å². The van der Waals surface area contributed by atoms with Gasteiger partial charge in [-0.25, -0.2) is 4.79 Å². The van der Waals surface area contributed by atoms with Crippen LogP contribution in [-0.2, 0) is 20.8 Å². The summed E-state index contributed by atoms with van der Waals surface area (Å²) in [7, 11) is 0. The van der Waals surface area contributed by atoms with Crippen molar-refractivity contribution in [2.75, 3.05) is 19.8 Å². The Morgan fingerprint density at radius 3 is 2.08 bits per heavy atom. The zero-order valence-electron chi connectivity index (χ0n) is 21.1. The molecule has 14 heteroatoms. The number of rotatable bonds is 10. The van der Waals surface area contributed by atoms with Crippen LogP contribution in [0.5, 0.6) is 11.5 Å². The lowest BCUT2D eigenvalue weighted by Crippen LogP contribution is -2.67. The number of carbonyl (C=O) groups is 4. The number of aliphatic hydroxyl groups excluding tert-OH is 3. The minimum atomic E-state index is -1.71. The number of hydrogen-bond donors (Lipinski definition) is 8.